The maximum absolute atomic E-state index is 15.2. The van der Waals surface area contributed by atoms with E-state index in [0.29, 0.717) is 6.42 Å². The quantitative estimate of drug-likeness (QED) is 0.511. The van der Waals surface area contributed by atoms with Gasteiger partial charge in [-0.05, 0) is 54.7 Å². The number of hydrogen-bond acceptors (Lipinski definition) is 2. The van der Waals surface area contributed by atoms with E-state index in [2.05, 4.69) is 0 Å². The number of halogens is 6. The van der Waals surface area contributed by atoms with Gasteiger partial charge in [0.05, 0.1) is 29.9 Å². The average molecular weight is 428 g/mol. The van der Waals surface area contributed by atoms with Gasteiger partial charge in [-0.1, -0.05) is 13.0 Å². The van der Waals surface area contributed by atoms with Gasteiger partial charge in [0, 0.05) is 0 Å². The van der Waals surface area contributed by atoms with Gasteiger partial charge in [0.25, 0.3) is 0 Å². The van der Waals surface area contributed by atoms with E-state index < -0.39 is 51.5 Å². The number of rotatable bonds is 3. The second-order valence-electron chi connectivity index (χ2n) is 7.45. The lowest BCUT2D eigenvalue weighted by Crippen LogP contribution is -2.41. The third kappa shape index (κ3) is 2.80. The minimum atomic E-state index is -4.98. The van der Waals surface area contributed by atoms with Crippen molar-refractivity contribution >= 4 is 5.76 Å². The number of ether oxygens (including phenoxy) is 2. The molecular formula is C22H18F6O2. The van der Waals surface area contributed by atoms with Gasteiger partial charge in [-0.25, -0.2) is 8.78 Å². The van der Waals surface area contributed by atoms with Gasteiger partial charge in [0.2, 0.25) is 0 Å². The average Bonchev–Trinajstić information content (AvgIpc) is 2.68. The normalized spacial score (nSPS) is 21.2. The van der Waals surface area contributed by atoms with Gasteiger partial charge >= 0.3 is 11.8 Å². The lowest BCUT2D eigenvalue weighted by Gasteiger charge is -2.36. The molecule has 0 aromatic heterocycles. The van der Waals surface area contributed by atoms with Crippen molar-refractivity contribution in [3.8, 4) is 16.9 Å². The summed E-state index contributed by atoms with van der Waals surface area (Å²) < 4.78 is 100.0. The summed E-state index contributed by atoms with van der Waals surface area (Å²) in [7, 11) is 0. The van der Waals surface area contributed by atoms with Gasteiger partial charge in [0.15, 0.2) is 11.6 Å². The van der Waals surface area contributed by atoms with E-state index in [1.165, 1.54) is 13.0 Å². The van der Waals surface area contributed by atoms with Crippen LogP contribution in [0.3, 0.4) is 0 Å². The van der Waals surface area contributed by atoms with Crippen molar-refractivity contribution in [1.82, 2.24) is 0 Å². The molecule has 1 atom stereocenters. The van der Waals surface area contributed by atoms with E-state index in [1.807, 2.05) is 6.92 Å². The summed E-state index contributed by atoms with van der Waals surface area (Å²) in [6.07, 6.45) is 2.08. The third-order valence-corrected chi connectivity index (χ3v) is 5.36. The van der Waals surface area contributed by atoms with E-state index >= 15 is 4.39 Å². The van der Waals surface area contributed by atoms with Gasteiger partial charge in [-0.3, -0.25) is 0 Å². The second kappa shape index (κ2) is 6.96. The zero-order valence-electron chi connectivity index (χ0n) is 16.2. The molecule has 1 aliphatic carbocycles. The number of hydrogen-bond donors (Lipinski definition) is 0. The van der Waals surface area contributed by atoms with Crippen LogP contribution in [0.5, 0.6) is 5.75 Å². The molecule has 0 spiro atoms. The first-order chi connectivity index (χ1) is 14.1. The first-order valence-corrected chi connectivity index (χ1v) is 9.49. The van der Waals surface area contributed by atoms with Crippen molar-refractivity contribution in [2.24, 2.45) is 5.92 Å². The van der Waals surface area contributed by atoms with Crippen LogP contribution in [0.15, 0.2) is 30.3 Å². The highest BCUT2D eigenvalue weighted by molar-refractivity contribution is 5.79. The molecule has 0 fully saturated rings. The highest BCUT2D eigenvalue weighted by Gasteiger charge is 2.65. The summed E-state index contributed by atoms with van der Waals surface area (Å²) in [5.74, 6) is -13.4. The predicted molar refractivity (Wildman–Crippen MR) is 98.5 cm³/mol. The van der Waals surface area contributed by atoms with Gasteiger partial charge in [-0.15, -0.1) is 0 Å². The molecule has 2 aromatic carbocycles. The molecule has 160 valence electrons. The van der Waals surface area contributed by atoms with Crippen LogP contribution >= 0.6 is 0 Å². The van der Waals surface area contributed by atoms with Crippen LogP contribution in [0.4, 0.5) is 26.3 Å². The number of fused-ring (bicyclic) bond motifs is 3. The fraction of sp³-hybridized carbons (Fsp3) is 0.364. The summed E-state index contributed by atoms with van der Waals surface area (Å²) in [4.78, 5) is 0. The lowest BCUT2D eigenvalue weighted by atomic mass is 9.79. The lowest BCUT2D eigenvalue weighted by molar-refractivity contribution is -0.227. The van der Waals surface area contributed by atoms with Gasteiger partial charge in [0.1, 0.15) is 11.6 Å². The molecule has 1 aliphatic heterocycles. The first-order valence-electron chi connectivity index (χ1n) is 9.49. The molecule has 2 aliphatic rings. The Bertz CT molecular complexity index is 1040. The van der Waals surface area contributed by atoms with E-state index in [-0.39, 0.29) is 30.5 Å². The number of allylic oxidation sites excluding steroid dienone is 1. The van der Waals surface area contributed by atoms with Gasteiger partial charge < -0.3 is 9.47 Å². The standard InChI is InChI=1S/C22H18F6O2/c1-3-29-16-9-7-13-12-5-6-14(15-8-4-11(2)10-30-15)19(23)17(12)21(25,26)22(27,28)18(13)20(16)24/h5-9,11H,3-4,10H2,1-2H3. The Hall–Kier alpha value is -2.64. The Kier molecular flexibility index (Phi) is 4.78. The Balaban J connectivity index is 1.98. The SMILES string of the molecule is CCOc1ccc2c(c1F)C(F)(F)C(F)(F)c1c-2ccc(C2=CCC(C)CO2)c1F. The molecule has 0 radical (unpaired) electrons. The van der Waals surface area contributed by atoms with E-state index in [9.17, 15) is 22.0 Å². The van der Waals surface area contributed by atoms with Crippen molar-refractivity contribution in [2.45, 2.75) is 32.1 Å². The van der Waals surface area contributed by atoms with Crippen LogP contribution in [0.25, 0.3) is 16.9 Å². The number of benzene rings is 2. The van der Waals surface area contributed by atoms with Crippen LogP contribution in [-0.4, -0.2) is 13.2 Å². The van der Waals surface area contributed by atoms with Gasteiger partial charge in [-0.2, -0.15) is 17.6 Å². The molecule has 0 amide bonds. The van der Waals surface area contributed by atoms with Crippen LogP contribution in [0, 0.1) is 17.6 Å². The molecule has 1 heterocycles. The summed E-state index contributed by atoms with van der Waals surface area (Å²) in [5, 5.41) is 0. The van der Waals surface area contributed by atoms with E-state index in [0.717, 1.165) is 18.2 Å². The van der Waals surface area contributed by atoms with Crippen molar-refractivity contribution in [2.75, 3.05) is 13.2 Å². The summed E-state index contributed by atoms with van der Waals surface area (Å²) in [5.41, 5.74) is -4.29. The smallest absolute Gasteiger partial charge is 0.343 e. The van der Waals surface area contributed by atoms with Crippen molar-refractivity contribution in [1.29, 1.82) is 0 Å². The van der Waals surface area contributed by atoms with Crippen molar-refractivity contribution in [3.05, 3.63) is 58.7 Å². The van der Waals surface area contributed by atoms with E-state index in [1.54, 1.807) is 6.08 Å². The molecule has 30 heavy (non-hydrogen) atoms. The Morgan fingerprint density at radius 3 is 2.07 bits per heavy atom. The zero-order chi connectivity index (χ0) is 21.8. The molecule has 8 heteroatoms. The molecule has 0 saturated heterocycles. The maximum atomic E-state index is 15.2. The fourth-order valence-corrected chi connectivity index (χ4v) is 3.82. The molecular weight excluding hydrogens is 410 g/mol. The largest absolute Gasteiger partial charge is 0.493 e. The maximum Gasteiger partial charge on any atom is 0.343 e. The fourth-order valence-electron chi connectivity index (χ4n) is 3.82. The molecule has 2 nitrogen and oxygen atoms in total. The molecule has 0 saturated carbocycles. The molecule has 4 rings (SSSR count). The monoisotopic (exact) mass is 428 g/mol. The van der Waals surface area contributed by atoms with Crippen LogP contribution in [0.2, 0.25) is 0 Å². The molecule has 1 unspecified atom stereocenters. The first kappa shape index (κ1) is 20.6. The minimum Gasteiger partial charge on any atom is -0.493 e. The topological polar surface area (TPSA) is 18.5 Å². The van der Waals surface area contributed by atoms with Crippen molar-refractivity contribution in [3.63, 3.8) is 0 Å². The van der Waals surface area contributed by atoms with E-state index in [4.69, 9.17) is 9.47 Å². The minimum absolute atomic E-state index is 0.0242. The predicted octanol–water partition coefficient (Wildman–Crippen LogP) is 6.63. The Labute approximate surface area is 169 Å². The van der Waals surface area contributed by atoms with Crippen LogP contribution in [-0.2, 0) is 16.6 Å². The van der Waals surface area contributed by atoms with Crippen molar-refractivity contribution < 1.29 is 35.8 Å². The molecule has 0 N–H and O–H groups in total. The zero-order valence-corrected chi connectivity index (χ0v) is 16.2. The summed E-state index contributed by atoms with van der Waals surface area (Å²) >= 11 is 0. The summed E-state index contributed by atoms with van der Waals surface area (Å²) in [6.45, 7) is 3.61. The second-order valence-corrected chi connectivity index (χ2v) is 7.45. The molecule has 0 bridgehead atoms. The Morgan fingerprint density at radius 2 is 1.50 bits per heavy atom. The third-order valence-electron chi connectivity index (χ3n) is 5.36. The molecule has 2 aromatic rings. The number of alkyl halides is 4. The highest BCUT2D eigenvalue weighted by atomic mass is 19.3. The summed E-state index contributed by atoms with van der Waals surface area (Å²) in [6, 6.07) is 4.40. The Morgan fingerprint density at radius 1 is 0.933 bits per heavy atom. The van der Waals surface area contributed by atoms with Crippen LogP contribution < -0.4 is 4.74 Å². The highest BCUT2D eigenvalue weighted by Crippen LogP contribution is 2.60. The van der Waals surface area contributed by atoms with Crippen LogP contribution in [0.1, 0.15) is 37.0 Å².